The SMILES string of the molecule is Cc1sc2c(c1C)C(c1ccc(-c3ccnc(C#N)n3)cc1)=N[C@@H](C(C)C(=O)O)c1nnc(C)n1-2. The van der Waals surface area contributed by atoms with Crippen molar-refractivity contribution in [3.63, 3.8) is 0 Å². The molecule has 0 spiro atoms. The number of fused-ring (bicyclic) bond motifs is 3. The minimum atomic E-state index is -0.948. The number of aromatic nitrogens is 5. The third kappa shape index (κ3) is 3.70. The summed E-state index contributed by atoms with van der Waals surface area (Å²) in [6, 6.07) is 10.7. The van der Waals surface area contributed by atoms with Gasteiger partial charge >= 0.3 is 5.97 Å². The van der Waals surface area contributed by atoms with Gasteiger partial charge in [-0.2, -0.15) is 5.26 Å². The minimum Gasteiger partial charge on any atom is -0.481 e. The van der Waals surface area contributed by atoms with Crippen LogP contribution >= 0.6 is 11.3 Å². The summed E-state index contributed by atoms with van der Waals surface area (Å²) in [5.74, 6) is -0.425. The van der Waals surface area contributed by atoms with Gasteiger partial charge in [0.25, 0.3) is 0 Å². The molecule has 0 radical (unpaired) electrons. The molecule has 1 aliphatic rings. The van der Waals surface area contributed by atoms with Crippen molar-refractivity contribution in [1.82, 2.24) is 24.7 Å². The van der Waals surface area contributed by atoms with Gasteiger partial charge in [-0.05, 0) is 39.3 Å². The number of nitriles is 1. The van der Waals surface area contributed by atoms with Crippen LogP contribution in [0.5, 0.6) is 0 Å². The van der Waals surface area contributed by atoms with Crippen molar-refractivity contribution in [3.8, 4) is 22.3 Å². The Morgan fingerprint density at radius 1 is 1.14 bits per heavy atom. The van der Waals surface area contributed by atoms with Crippen molar-refractivity contribution in [1.29, 1.82) is 5.26 Å². The molecule has 1 aliphatic heterocycles. The highest BCUT2D eigenvalue weighted by molar-refractivity contribution is 7.15. The summed E-state index contributed by atoms with van der Waals surface area (Å²) in [5, 5.41) is 28.5. The lowest BCUT2D eigenvalue weighted by molar-refractivity contribution is -0.141. The largest absolute Gasteiger partial charge is 0.481 e. The third-order valence-electron chi connectivity index (χ3n) is 6.26. The van der Waals surface area contributed by atoms with E-state index in [1.54, 1.807) is 30.5 Å². The molecule has 1 N–H and O–H groups in total. The maximum absolute atomic E-state index is 12.0. The molecule has 9 nitrogen and oxygen atoms in total. The van der Waals surface area contributed by atoms with Crippen molar-refractivity contribution in [3.05, 3.63) is 75.6 Å². The Balaban J connectivity index is 1.70. The molecule has 0 amide bonds. The molecule has 5 rings (SSSR count). The van der Waals surface area contributed by atoms with Crippen LogP contribution in [0, 0.1) is 38.0 Å². The van der Waals surface area contributed by atoms with Crippen LogP contribution in [0.25, 0.3) is 16.3 Å². The van der Waals surface area contributed by atoms with Crippen molar-refractivity contribution in [2.45, 2.75) is 33.7 Å². The van der Waals surface area contributed by atoms with Crippen LogP contribution in [-0.4, -0.2) is 41.5 Å². The summed E-state index contributed by atoms with van der Waals surface area (Å²) in [7, 11) is 0. The van der Waals surface area contributed by atoms with Gasteiger partial charge in [-0.1, -0.05) is 24.3 Å². The molecule has 4 aromatic rings. The van der Waals surface area contributed by atoms with E-state index in [1.165, 1.54) is 0 Å². The number of hydrogen-bond donors (Lipinski definition) is 1. The van der Waals surface area contributed by atoms with Crippen LogP contribution in [0.3, 0.4) is 0 Å². The number of aliphatic carboxylic acids is 1. The van der Waals surface area contributed by atoms with Gasteiger partial charge in [0.05, 0.1) is 17.3 Å². The van der Waals surface area contributed by atoms with E-state index in [0.29, 0.717) is 17.3 Å². The average molecular weight is 484 g/mol. The maximum Gasteiger partial charge on any atom is 0.308 e. The quantitative estimate of drug-likeness (QED) is 0.460. The smallest absolute Gasteiger partial charge is 0.308 e. The summed E-state index contributed by atoms with van der Waals surface area (Å²) >= 11 is 1.62. The number of carboxylic acids is 1. The number of aliphatic imine (C=N–C) groups is 1. The van der Waals surface area contributed by atoms with Crippen molar-refractivity contribution in [2.75, 3.05) is 0 Å². The zero-order chi connectivity index (χ0) is 24.9. The molecular weight excluding hydrogens is 462 g/mol. The van der Waals surface area contributed by atoms with E-state index in [4.69, 9.17) is 10.3 Å². The lowest BCUT2D eigenvalue weighted by atomic mass is 9.97. The van der Waals surface area contributed by atoms with E-state index in [0.717, 1.165) is 37.8 Å². The Bertz CT molecular complexity index is 1540. The highest BCUT2D eigenvalue weighted by Gasteiger charge is 2.36. The molecule has 35 heavy (non-hydrogen) atoms. The molecule has 2 atom stereocenters. The predicted octanol–water partition coefficient (Wildman–Crippen LogP) is 4.20. The minimum absolute atomic E-state index is 0.109. The number of carbonyl (C=O) groups is 1. The zero-order valence-corrected chi connectivity index (χ0v) is 20.3. The Labute approximate surface area is 205 Å². The highest BCUT2D eigenvalue weighted by atomic mass is 32.1. The number of carboxylic acid groups (broad SMARTS) is 1. The molecule has 174 valence electrons. The van der Waals surface area contributed by atoms with Gasteiger partial charge < -0.3 is 5.11 Å². The van der Waals surface area contributed by atoms with Gasteiger partial charge in [-0.15, -0.1) is 21.5 Å². The molecular formula is C25H21N7O2S. The molecule has 1 aromatic carbocycles. The Kier molecular flexibility index (Phi) is 5.49. The first-order valence-electron chi connectivity index (χ1n) is 11.0. The fraction of sp³-hybridized carbons (Fsp3) is 0.240. The average Bonchev–Trinajstić information content (AvgIpc) is 3.33. The van der Waals surface area contributed by atoms with Gasteiger partial charge in [-0.3, -0.25) is 14.4 Å². The van der Waals surface area contributed by atoms with Gasteiger partial charge in [0, 0.05) is 27.8 Å². The monoisotopic (exact) mass is 483 g/mol. The van der Waals surface area contributed by atoms with Crippen LogP contribution in [0.1, 0.15) is 52.0 Å². The van der Waals surface area contributed by atoms with Gasteiger partial charge in [-0.25, -0.2) is 9.97 Å². The summed E-state index contributed by atoms with van der Waals surface area (Å²) < 4.78 is 1.94. The Hall–Kier alpha value is -4.23. The molecule has 0 saturated carbocycles. The number of hydrogen-bond acceptors (Lipinski definition) is 8. The third-order valence-corrected chi connectivity index (χ3v) is 7.45. The highest BCUT2D eigenvalue weighted by Crippen LogP contribution is 2.40. The van der Waals surface area contributed by atoms with Crippen LogP contribution in [0.2, 0.25) is 0 Å². The first-order valence-corrected chi connectivity index (χ1v) is 11.8. The van der Waals surface area contributed by atoms with Crippen molar-refractivity contribution < 1.29 is 9.90 Å². The van der Waals surface area contributed by atoms with E-state index in [-0.39, 0.29) is 5.82 Å². The topological polar surface area (TPSA) is 130 Å². The normalized spacial score (nSPS) is 15.4. The second-order valence-electron chi connectivity index (χ2n) is 8.41. The van der Waals surface area contributed by atoms with Gasteiger partial charge in [0.1, 0.15) is 22.9 Å². The zero-order valence-electron chi connectivity index (χ0n) is 19.5. The van der Waals surface area contributed by atoms with Gasteiger partial charge in [0.2, 0.25) is 5.82 Å². The molecule has 4 heterocycles. The maximum atomic E-state index is 12.0. The molecule has 0 fully saturated rings. The van der Waals surface area contributed by atoms with Gasteiger partial charge in [0.15, 0.2) is 5.82 Å². The lowest BCUT2D eigenvalue weighted by Gasteiger charge is -2.16. The molecule has 1 unspecified atom stereocenters. The second kappa shape index (κ2) is 8.52. The van der Waals surface area contributed by atoms with Crippen molar-refractivity contribution >= 4 is 23.0 Å². The number of nitrogens with zero attached hydrogens (tertiary/aromatic N) is 7. The van der Waals surface area contributed by atoms with Crippen LogP contribution < -0.4 is 0 Å². The molecule has 10 heteroatoms. The second-order valence-corrected chi connectivity index (χ2v) is 9.61. The van der Waals surface area contributed by atoms with Crippen LogP contribution in [0.4, 0.5) is 0 Å². The summed E-state index contributed by atoms with van der Waals surface area (Å²) in [5.41, 5.74) is 5.10. The molecule has 3 aromatic heterocycles. The summed E-state index contributed by atoms with van der Waals surface area (Å²) in [6.07, 6.45) is 1.56. The first-order chi connectivity index (χ1) is 16.8. The number of rotatable bonds is 4. The predicted molar refractivity (Wildman–Crippen MR) is 131 cm³/mol. The van der Waals surface area contributed by atoms with Crippen molar-refractivity contribution in [2.24, 2.45) is 10.9 Å². The molecule has 0 aliphatic carbocycles. The molecule has 0 saturated heterocycles. The summed E-state index contributed by atoms with van der Waals surface area (Å²) in [6.45, 7) is 7.63. The van der Waals surface area contributed by atoms with E-state index >= 15 is 0 Å². The van der Waals surface area contributed by atoms with Crippen LogP contribution in [-0.2, 0) is 4.79 Å². The fourth-order valence-corrected chi connectivity index (χ4v) is 5.40. The van der Waals surface area contributed by atoms with Crippen LogP contribution in [0.15, 0.2) is 41.5 Å². The number of aryl methyl sites for hydroxylation is 2. The van der Waals surface area contributed by atoms with E-state index in [2.05, 4.69) is 34.0 Å². The van der Waals surface area contributed by atoms with E-state index in [1.807, 2.05) is 41.8 Å². The first kappa shape index (κ1) is 22.6. The Morgan fingerprint density at radius 3 is 2.54 bits per heavy atom. The lowest BCUT2D eigenvalue weighted by Crippen LogP contribution is -2.21. The van der Waals surface area contributed by atoms with E-state index < -0.39 is 17.9 Å². The number of thiophene rings is 1. The number of benzene rings is 1. The van der Waals surface area contributed by atoms with E-state index in [9.17, 15) is 9.90 Å². The fourth-order valence-electron chi connectivity index (χ4n) is 4.19. The summed E-state index contributed by atoms with van der Waals surface area (Å²) in [4.78, 5) is 26.4. The Morgan fingerprint density at radius 2 is 1.86 bits per heavy atom. The standard InChI is InChI=1S/C25H21N7O2S/c1-12-14(3)35-24-20(12)22(29-21(13(2)25(33)34)23-31-30-15(4)32(23)24)17-7-5-16(6-8-17)18-9-10-27-19(11-26)28-18/h5-10,13,21H,1-4H3,(H,33,34)/t13?,21-/m0/s1. The molecule has 0 bridgehead atoms.